The molecule has 26 heavy (non-hydrogen) atoms. The van der Waals surface area contributed by atoms with Gasteiger partial charge in [-0.2, -0.15) is 4.98 Å². The number of benzene rings is 2. The third-order valence-electron chi connectivity index (χ3n) is 4.39. The van der Waals surface area contributed by atoms with Crippen molar-refractivity contribution in [2.45, 2.75) is 12.8 Å². The summed E-state index contributed by atoms with van der Waals surface area (Å²) in [5.74, 6) is 0.647. The molecule has 0 radical (unpaired) electrons. The van der Waals surface area contributed by atoms with Crippen LogP contribution in [-0.2, 0) is 0 Å². The fraction of sp³-hybridized carbons (Fsp3) is 0.200. The lowest BCUT2D eigenvalue weighted by Crippen LogP contribution is -2.17. The number of nitrogens with one attached hydrogen (secondary N) is 2. The van der Waals surface area contributed by atoms with E-state index >= 15 is 0 Å². The van der Waals surface area contributed by atoms with Gasteiger partial charge in [0.1, 0.15) is 11.6 Å². The van der Waals surface area contributed by atoms with E-state index in [0.717, 1.165) is 18.8 Å². The summed E-state index contributed by atoms with van der Waals surface area (Å²) in [5.41, 5.74) is 2.54. The normalized spacial score (nSPS) is 13.7. The molecule has 1 aliphatic rings. The third-order valence-corrected chi connectivity index (χ3v) is 4.39. The fourth-order valence-corrected chi connectivity index (χ4v) is 3.05. The van der Waals surface area contributed by atoms with Gasteiger partial charge in [0.2, 0.25) is 5.95 Å². The van der Waals surface area contributed by atoms with E-state index in [1.165, 1.54) is 24.6 Å². The highest BCUT2D eigenvalue weighted by molar-refractivity contribution is 5.62. The molecule has 0 aliphatic carbocycles. The summed E-state index contributed by atoms with van der Waals surface area (Å²) in [6.07, 6.45) is 4.16. The highest BCUT2D eigenvalue weighted by Gasteiger charge is 2.12. The van der Waals surface area contributed by atoms with Gasteiger partial charge in [0, 0.05) is 30.7 Å². The first-order valence-corrected chi connectivity index (χ1v) is 8.74. The van der Waals surface area contributed by atoms with Crippen molar-refractivity contribution in [3.8, 4) is 0 Å². The van der Waals surface area contributed by atoms with Crippen molar-refractivity contribution in [1.29, 1.82) is 0 Å². The molecule has 132 valence electrons. The van der Waals surface area contributed by atoms with E-state index in [4.69, 9.17) is 0 Å². The van der Waals surface area contributed by atoms with E-state index in [1.54, 1.807) is 30.5 Å². The molecule has 3 aromatic rings. The Hall–Kier alpha value is -3.15. The summed E-state index contributed by atoms with van der Waals surface area (Å²) in [6.45, 7) is 2.26. The Labute approximate surface area is 151 Å². The van der Waals surface area contributed by atoms with Crippen LogP contribution >= 0.6 is 0 Å². The molecule has 0 amide bonds. The fourth-order valence-electron chi connectivity index (χ4n) is 3.05. The third kappa shape index (κ3) is 3.74. The van der Waals surface area contributed by atoms with Gasteiger partial charge in [-0.05, 0) is 55.3 Å². The number of aromatic nitrogens is 2. The van der Waals surface area contributed by atoms with E-state index in [-0.39, 0.29) is 5.82 Å². The maximum atomic E-state index is 13.8. The predicted octanol–water partition coefficient (Wildman–Crippen LogP) is 4.70. The molecular weight excluding hydrogens is 329 g/mol. The van der Waals surface area contributed by atoms with Crippen molar-refractivity contribution in [1.82, 2.24) is 9.97 Å². The zero-order chi connectivity index (χ0) is 17.8. The van der Waals surface area contributed by atoms with Gasteiger partial charge in [-0.15, -0.1) is 0 Å². The Morgan fingerprint density at radius 3 is 2.42 bits per heavy atom. The van der Waals surface area contributed by atoms with Gasteiger partial charge in [0.15, 0.2) is 0 Å². The molecule has 2 N–H and O–H groups in total. The van der Waals surface area contributed by atoms with Crippen LogP contribution in [0.3, 0.4) is 0 Å². The largest absolute Gasteiger partial charge is 0.372 e. The Bertz CT molecular complexity index is 875. The van der Waals surface area contributed by atoms with Gasteiger partial charge in [-0.25, -0.2) is 9.37 Å². The summed E-state index contributed by atoms with van der Waals surface area (Å²) in [7, 11) is 0. The van der Waals surface area contributed by atoms with Crippen LogP contribution in [0.15, 0.2) is 60.8 Å². The summed E-state index contributed by atoms with van der Waals surface area (Å²) in [5, 5.41) is 6.16. The van der Waals surface area contributed by atoms with Crippen LogP contribution in [0.4, 0.5) is 33.2 Å². The number of anilines is 5. The SMILES string of the molecule is Fc1ccccc1Nc1nccc(Nc2ccc(N3CCCC3)cc2)n1. The molecule has 4 rings (SSSR count). The maximum Gasteiger partial charge on any atom is 0.229 e. The second-order valence-electron chi connectivity index (χ2n) is 6.24. The molecular formula is C20H20FN5. The number of rotatable bonds is 5. The topological polar surface area (TPSA) is 53.1 Å². The van der Waals surface area contributed by atoms with E-state index in [9.17, 15) is 4.39 Å². The molecule has 1 aromatic heterocycles. The minimum Gasteiger partial charge on any atom is -0.372 e. The van der Waals surface area contributed by atoms with Gasteiger partial charge in [-0.1, -0.05) is 12.1 Å². The summed E-state index contributed by atoms with van der Waals surface area (Å²) in [6, 6.07) is 16.5. The number of halogens is 1. The van der Waals surface area contributed by atoms with Crippen LogP contribution in [0.2, 0.25) is 0 Å². The highest BCUT2D eigenvalue weighted by Crippen LogP contribution is 2.24. The van der Waals surface area contributed by atoms with Gasteiger partial charge in [0.25, 0.3) is 0 Å². The average molecular weight is 349 g/mol. The second kappa shape index (κ2) is 7.39. The molecule has 0 bridgehead atoms. The van der Waals surface area contributed by atoms with Crippen LogP contribution in [0, 0.1) is 5.82 Å². The number of hydrogen-bond donors (Lipinski definition) is 2. The van der Waals surface area contributed by atoms with E-state index in [0.29, 0.717) is 17.5 Å². The van der Waals surface area contributed by atoms with Crippen molar-refractivity contribution in [2.75, 3.05) is 28.6 Å². The summed E-state index contributed by atoms with van der Waals surface area (Å²) >= 11 is 0. The van der Waals surface area contributed by atoms with Crippen LogP contribution in [0.5, 0.6) is 0 Å². The van der Waals surface area contributed by atoms with Crippen molar-refractivity contribution >= 4 is 28.8 Å². The molecule has 2 aromatic carbocycles. The van der Waals surface area contributed by atoms with Gasteiger partial charge in [-0.3, -0.25) is 0 Å². The highest BCUT2D eigenvalue weighted by atomic mass is 19.1. The minimum atomic E-state index is -0.341. The van der Waals surface area contributed by atoms with E-state index in [2.05, 4.69) is 37.6 Å². The molecule has 0 atom stereocenters. The van der Waals surface area contributed by atoms with Gasteiger partial charge < -0.3 is 15.5 Å². The first-order chi connectivity index (χ1) is 12.8. The molecule has 5 nitrogen and oxygen atoms in total. The van der Waals surface area contributed by atoms with Crippen LogP contribution in [-0.4, -0.2) is 23.1 Å². The lowest BCUT2D eigenvalue weighted by molar-refractivity contribution is 0.631. The zero-order valence-electron chi connectivity index (χ0n) is 14.3. The molecule has 1 fully saturated rings. The van der Waals surface area contributed by atoms with Crippen LogP contribution in [0.1, 0.15) is 12.8 Å². The Morgan fingerprint density at radius 1 is 0.885 bits per heavy atom. The number of nitrogens with zero attached hydrogens (tertiary/aromatic N) is 3. The summed E-state index contributed by atoms with van der Waals surface area (Å²) in [4.78, 5) is 10.9. The predicted molar refractivity (Wildman–Crippen MR) is 103 cm³/mol. The lowest BCUT2D eigenvalue weighted by Gasteiger charge is -2.18. The zero-order valence-corrected chi connectivity index (χ0v) is 14.3. The van der Waals surface area contributed by atoms with E-state index in [1.807, 2.05) is 12.1 Å². The second-order valence-corrected chi connectivity index (χ2v) is 6.24. The first kappa shape index (κ1) is 16.3. The van der Waals surface area contributed by atoms with Crippen molar-refractivity contribution in [3.63, 3.8) is 0 Å². The van der Waals surface area contributed by atoms with E-state index < -0.39 is 0 Å². The molecule has 0 saturated carbocycles. The van der Waals surface area contributed by atoms with Crippen molar-refractivity contribution < 1.29 is 4.39 Å². The van der Waals surface area contributed by atoms with Gasteiger partial charge in [0.05, 0.1) is 5.69 Å². The molecule has 1 aliphatic heterocycles. The Kier molecular flexibility index (Phi) is 4.64. The quantitative estimate of drug-likeness (QED) is 0.699. The van der Waals surface area contributed by atoms with Crippen LogP contribution < -0.4 is 15.5 Å². The summed E-state index contributed by atoms with van der Waals surface area (Å²) < 4.78 is 13.8. The molecule has 6 heteroatoms. The van der Waals surface area contributed by atoms with Crippen molar-refractivity contribution in [3.05, 3.63) is 66.6 Å². The Balaban J connectivity index is 1.46. The van der Waals surface area contributed by atoms with Crippen molar-refractivity contribution in [2.24, 2.45) is 0 Å². The average Bonchev–Trinajstić information content (AvgIpc) is 3.19. The molecule has 0 spiro atoms. The molecule has 2 heterocycles. The maximum absolute atomic E-state index is 13.8. The standard InChI is InChI=1S/C20H20FN5/c21-17-5-1-2-6-18(17)24-20-22-12-11-19(25-20)23-15-7-9-16(10-8-15)26-13-3-4-14-26/h1-2,5-12H,3-4,13-14H2,(H2,22,23,24,25). The Morgan fingerprint density at radius 2 is 1.65 bits per heavy atom. The monoisotopic (exact) mass is 349 g/mol. The number of hydrogen-bond acceptors (Lipinski definition) is 5. The van der Waals surface area contributed by atoms with Gasteiger partial charge >= 0.3 is 0 Å². The molecule has 1 saturated heterocycles. The smallest absolute Gasteiger partial charge is 0.229 e. The lowest BCUT2D eigenvalue weighted by atomic mass is 10.2. The first-order valence-electron chi connectivity index (χ1n) is 8.74. The minimum absolute atomic E-state index is 0.341. The van der Waals surface area contributed by atoms with Crippen LogP contribution in [0.25, 0.3) is 0 Å². The molecule has 0 unspecified atom stereocenters. The number of para-hydroxylation sites is 1.